The number of carbonyl (C=O) groups is 1. The number of benzene rings is 1. The first-order valence-electron chi connectivity index (χ1n) is 7.89. The first-order valence-corrected chi connectivity index (χ1v) is 7.89. The van der Waals surface area contributed by atoms with E-state index in [1.807, 2.05) is 46.2 Å². The van der Waals surface area contributed by atoms with E-state index in [1.165, 1.54) is 5.56 Å². The molecule has 0 N–H and O–H groups in total. The van der Waals surface area contributed by atoms with Gasteiger partial charge in [-0.25, -0.2) is 4.79 Å². The Hall–Kier alpha value is -2.36. The number of amides is 2. The molecule has 1 aliphatic carbocycles. The highest BCUT2D eigenvalue weighted by molar-refractivity contribution is 5.94. The Kier molecular flexibility index (Phi) is 3.29. The van der Waals surface area contributed by atoms with Crippen LogP contribution in [0.25, 0.3) is 0 Å². The van der Waals surface area contributed by atoms with Gasteiger partial charge in [-0.2, -0.15) is 0 Å². The lowest BCUT2D eigenvalue weighted by atomic mass is 10.2. The van der Waals surface area contributed by atoms with E-state index in [1.54, 1.807) is 6.20 Å². The van der Waals surface area contributed by atoms with Crippen molar-refractivity contribution in [3.05, 3.63) is 59.9 Å². The van der Waals surface area contributed by atoms with Gasteiger partial charge in [0.2, 0.25) is 0 Å². The molecule has 2 amide bonds. The Balaban J connectivity index is 1.57. The number of hydrogen-bond donors (Lipinski definition) is 0. The molecule has 112 valence electrons. The Morgan fingerprint density at radius 1 is 1.18 bits per heavy atom. The molecule has 2 heterocycles. The molecule has 4 nitrogen and oxygen atoms in total. The molecule has 22 heavy (non-hydrogen) atoms. The van der Waals surface area contributed by atoms with Crippen LogP contribution in [0.1, 0.15) is 24.1 Å². The zero-order chi connectivity index (χ0) is 14.9. The first kappa shape index (κ1) is 13.3. The second-order valence-corrected chi connectivity index (χ2v) is 5.99. The molecule has 0 spiro atoms. The minimum Gasteiger partial charge on any atom is -0.315 e. The van der Waals surface area contributed by atoms with Crippen LogP contribution in [0, 0.1) is 0 Å². The summed E-state index contributed by atoms with van der Waals surface area (Å²) in [6, 6.07) is 14.6. The molecule has 0 bridgehead atoms. The third kappa shape index (κ3) is 2.45. The monoisotopic (exact) mass is 293 g/mol. The van der Waals surface area contributed by atoms with Crippen LogP contribution in [0.5, 0.6) is 0 Å². The molecule has 1 aliphatic heterocycles. The molecular formula is C18H19N3O. The van der Waals surface area contributed by atoms with E-state index in [0.717, 1.165) is 37.2 Å². The third-order valence-corrected chi connectivity index (χ3v) is 4.41. The lowest BCUT2D eigenvalue weighted by Crippen LogP contribution is -2.43. The second kappa shape index (κ2) is 5.44. The number of fused-ring (bicyclic) bond motifs is 1. The Morgan fingerprint density at radius 3 is 2.77 bits per heavy atom. The van der Waals surface area contributed by atoms with Crippen molar-refractivity contribution < 1.29 is 4.79 Å². The Bertz CT molecular complexity index is 682. The molecule has 1 saturated carbocycles. The van der Waals surface area contributed by atoms with Crippen LogP contribution in [0.4, 0.5) is 10.5 Å². The highest BCUT2D eigenvalue weighted by Gasteiger charge is 2.37. The topological polar surface area (TPSA) is 36.4 Å². The van der Waals surface area contributed by atoms with Gasteiger partial charge in [0.25, 0.3) is 0 Å². The number of rotatable bonds is 3. The highest BCUT2D eigenvalue weighted by Crippen LogP contribution is 2.33. The van der Waals surface area contributed by atoms with Crippen LogP contribution in [-0.4, -0.2) is 28.5 Å². The minimum absolute atomic E-state index is 0.123. The van der Waals surface area contributed by atoms with Gasteiger partial charge in [0, 0.05) is 24.5 Å². The number of hydrogen-bond acceptors (Lipinski definition) is 2. The maximum Gasteiger partial charge on any atom is 0.325 e. The van der Waals surface area contributed by atoms with Crippen LogP contribution in [0.3, 0.4) is 0 Å². The van der Waals surface area contributed by atoms with Crippen molar-refractivity contribution in [3.63, 3.8) is 0 Å². The van der Waals surface area contributed by atoms with E-state index < -0.39 is 0 Å². The lowest BCUT2D eigenvalue weighted by molar-refractivity contribution is 0.198. The largest absolute Gasteiger partial charge is 0.325 e. The molecule has 0 atom stereocenters. The van der Waals surface area contributed by atoms with Gasteiger partial charge in [0.1, 0.15) is 0 Å². The van der Waals surface area contributed by atoms with Crippen LogP contribution in [0.2, 0.25) is 0 Å². The lowest BCUT2D eigenvalue weighted by Gasteiger charge is -2.28. The molecule has 1 aromatic heterocycles. The Morgan fingerprint density at radius 2 is 2.00 bits per heavy atom. The molecule has 1 fully saturated rings. The van der Waals surface area contributed by atoms with Gasteiger partial charge in [-0.1, -0.05) is 24.3 Å². The van der Waals surface area contributed by atoms with E-state index in [-0.39, 0.29) is 6.03 Å². The van der Waals surface area contributed by atoms with Crippen molar-refractivity contribution in [1.82, 2.24) is 9.88 Å². The fourth-order valence-electron chi connectivity index (χ4n) is 3.10. The summed E-state index contributed by atoms with van der Waals surface area (Å²) in [6.45, 7) is 1.38. The van der Waals surface area contributed by atoms with E-state index in [9.17, 15) is 4.79 Å². The smallest absolute Gasteiger partial charge is 0.315 e. The second-order valence-electron chi connectivity index (χ2n) is 5.99. The minimum atomic E-state index is 0.123. The van der Waals surface area contributed by atoms with Crippen molar-refractivity contribution in [2.45, 2.75) is 31.8 Å². The average Bonchev–Trinajstić information content (AvgIpc) is 3.31. The van der Waals surface area contributed by atoms with Gasteiger partial charge >= 0.3 is 6.03 Å². The third-order valence-electron chi connectivity index (χ3n) is 4.41. The van der Waals surface area contributed by atoms with Gasteiger partial charge in [-0.05, 0) is 43.0 Å². The van der Waals surface area contributed by atoms with Gasteiger partial charge in [0.05, 0.1) is 12.2 Å². The van der Waals surface area contributed by atoms with E-state index >= 15 is 0 Å². The quantitative estimate of drug-likeness (QED) is 0.871. The van der Waals surface area contributed by atoms with Crippen LogP contribution in [0.15, 0.2) is 48.7 Å². The Labute approximate surface area is 130 Å². The van der Waals surface area contributed by atoms with Crippen molar-refractivity contribution >= 4 is 11.7 Å². The van der Waals surface area contributed by atoms with E-state index in [4.69, 9.17) is 0 Å². The summed E-state index contributed by atoms with van der Waals surface area (Å²) in [4.78, 5) is 21.3. The van der Waals surface area contributed by atoms with Gasteiger partial charge < -0.3 is 4.90 Å². The molecule has 4 heteroatoms. The normalized spacial score (nSPS) is 16.5. The van der Waals surface area contributed by atoms with Gasteiger partial charge in [-0.15, -0.1) is 0 Å². The molecule has 0 radical (unpaired) electrons. The predicted molar refractivity (Wildman–Crippen MR) is 85.7 cm³/mol. The van der Waals surface area contributed by atoms with E-state index in [2.05, 4.69) is 11.1 Å². The number of nitrogens with zero attached hydrogens (tertiary/aromatic N) is 3. The summed E-state index contributed by atoms with van der Waals surface area (Å²) in [5.41, 5.74) is 3.29. The SMILES string of the molecule is O=C(N1CCc2ccccc21)N(Cc1ccccn1)C1CC1. The fourth-order valence-corrected chi connectivity index (χ4v) is 3.10. The number of aromatic nitrogens is 1. The van der Waals surface area contributed by atoms with Gasteiger partial charge in [0.15, 0.2) is 0 Å². The van der Waals surface area contributed by atoms with Crippen molar-refractivity contribution in [1.29, 1.82) is 0 Å². The molecule has 0 saturated heterocycles. The van der Waals surface area contributed by atoms with Crippen LogP contribution < -0.4 is 4.90 Å². The van der Waals surface area contributed by atoms with Crippen molar-refractivity contribution in [3.8, 4) is 0 Å². The standard InChI is InChI=1S/C18H19N3O/c22-18(20-12-10-14-5-1-2-7-17(14)20)21(16-8-9-16)13-15-6-3-4-11-19-15/h1-7,11,16H,8-10,12-13H2. The zero-order valence-electron chi connectivity index (χ0n) is 12.5. The number of anilines is 1. The zero-order valence-corrected chi connectivity index (χ0v) is 12.5. The highest BCUT2D eigenvalue weighted by atomic mass is 16.2. The van der Waals surface area contributed by atoms with Crippen molar-refractivity contribution in [2.24, 2.45) is 0 Å². The molecule has 0 unspecified atom stereocenters. The molecule has 1 aromatic carbocycles. The summed E-state index contributed by atoms with van der Waals surface area (Å²) < 4.78 is 0. The van der Waals surface area contributed by atoms with Crippen LogP contribution >= 0.6 is 0 Å². The summed E-state index contributed by atoms with van der Waals surface area (Å²) in [6.07, 6.45) is 4.95. The van der Waals surface area contributed by atoms with Gasteiger partial charge in [-0.3, -0.25) is 9.88 Å². The number of pyridine rings is 1. The van der Waals surface area contributed by atoms with E-state index in [0.29, 0.717) is 12.6 Å². The molecular weight excluding hydrogens is 274 g/mol. The van der Waals surface area contributed by atoms with Crippen LogP contribution in [-0.2, 0) is 13.0 Å². The maximum atomic E-state index is 13.0. The first-order chi connectivity index (χ1) is 10.8. The maximum absolute atomic E-state index is 13.0. The summed E-state index contributed by atoms with van der Waals surface area (Å²) in [7, 11) is 0. The fraction of sp³-hybridized carbons (Fsp3) is 0.333. The average molecular weight is 293 g/mol. The predicted octanol–water partition coefficient (Wildman–Crippen LogP) is 3.23. The summed E-state index contributed by atoms with van der Waals surface area (Å²) >= 11 is 0. The molecule has 2 aliphatic rings. The van der Waals surface area contributed by atoms with Crippen molar-refractivity contribution in [2.75, 3.05) is 11.4 Å². The number of carbonyl (C=O) groups excluding carboxylic acids is 1. The summed E-state index contributed by atoms with van der Waals surface area (Å²) in [5, 5.41) is 0. The molecule has 2 aromatic rings. The number of urea groups is 1. The summed E-state index contributed by atoms with van der Waals surface area (Å²) in [5.74, 6) is 0. The number of para-hydroxylation sites is 1. The molecule has 4 rings (SSSR count).